The van der Waals surface area contributed by atoms with E-state index in [-0.39, 0.29) is 5.56 Å². The van der Waals surface area contributed by atoms with Gasteiger partial charge < -0.3 is 11.1 Å². The summed E-state index contributed by atoms with van der Waals surface area (Å²) in [5.41, 5.74) is 5.10. The van der Waals surface area contributed by atoms with Crippen LogP contribution >= 0.6 is 0 Å². The maximum atomic E-state index is 13.3. The third-order valence-electron chi connectivity index (χ3n) is 2.61. The minimum Gasteiger partial charge on any atom is -0.352 e. The van der Waals surface area contributed by atoms with Crippen LogP contribution in [0.4, 0.5) is 8.78 Å². The van der Waals surface area contributed by atoms with E-state index in [4.69, 9.17) is 5.73 Å². The van der Waals surface area contributed by atoms with Crippen LogP contribution in [0, 0.1) is 11.6 Å². The Kier molecular flexibility index (Phi) is 6.28. The number of hydrogen-bond donors (Lipinski definition) is 2. The number of rotatable bonds is 7. The van der Waals surface area contributed by atoms with E-state index in [1.54, 1.807) is 0 Å². The molecule has 1 aromatic rings. The van der Waals surface area contributed by atoms with Crippen molar-refractivity contribution in [3.05, 3.63) is 35.4 Å². The molecule has 18 heavy (non-hydrogen) atoms. The van der Waals surface area contributed by atoms with Gasteiger partial charge in [0, 0.05) is 6.54 Å². The van der Waals surface area contributed by atoms with Crippen LogP contribution in [0.2, 0.25) is 0 Å². The molecule has 1 rings (SSSR count). The molecule has 0 saturated carbocycles. The third kappa shape index (κ3) is 4.41. The summed E-state index contributed by atoms with van der Waals surface area (Å²) in [6.45, 7) is 1.13. The van der Waals surface area contributed by atoms with Crippen LogP contribution in [-0.2, 0) is 0 Å². The average molecular weight is 256 g/mol. The minimum absolute atomic E-state index is 0.253. The van der Waals surface area contributed by atoms with E-state index in [1.807, 2.05) is 0 Å². The third-order valence-corrected chi connectivity index (χ3v) is 2.61. The van der Waals surface area contributed by atoms with Gasteiger partial charge in [-0.25, -0.2) is 8.78 Å². The van der Waals surface area contributed by atoms with Crippen molar-refractivity contribution in [1.29, 1.82) is 0 Å². The molecule has 100 valence electrons. The van der Waals surface area contributed by atoms with Crippen molar-refractivity contribution in [3.8, 4) is 0 Å². The van der Waals surface area contributed by atoms with Gasteiger partial charge >= 0.3 is 0 Å². The molecule has 0 aliphatic rings. The van der Waals surface area contributed by atoms with Crippen molar-refractivity contribution in [2.75, 3.05) is 13.1 Å². The monoisotopic (exact) mass is 256 g/mol. The molecule has 0 bridgehead atoms. The minimum atomic E-state index is -1.10. The Hall–Kier alpha value is -1.49. The quantitative estimate of drug-likeness (QED) is 0.735. The van der Waals surface area contributed by atoms with Crippen LogP contribution in [0.25, 0.3) is 0 Å². The van der Waals surface area contributed by atoms with Gasteiger partial charge in [0.1, 0.15) is 0 Å². The van der Waals surface area contributed by atoms with Crippen LogP contribution in [-0.4, -0.2) is 19.0 Å². The van der Waals surface area contributed by atoms with Gasteiger partial charge in [0.25, 0.3) is 5.91 Å². The van der Waals surface area contributed by atoms with Crippen molar-refractivity contribution in [3.63, 3.8) is 0 Å². The maximum absolute atomic E-state index is 13.3. The summed E-state index contributed by atoms with van der Waals surface area (Å²) >= 11 is 0. The number of nitrogens with one attached hydrogen (secondary N) is 1. The number of unbranched alkanes of at least 4 members (excludes halogenated alkanes) is 3. The van der Waals surface area contributed by atoms with Gasteiger partial charge in [0.15, 0.2) is 11.6 Å². The van der Waals surface area contributed by atoms with E-state index in [1.165, 1.54) is 12.1 Å². The number of benzene rings is 1. The summed E-state index contributed by atoms with van der Waals surface area (Å²) in [7, 11) is 0. The predicted octanol–water partition coefficient (Wildman–Crippen LogP) is 2.21. The fraction of sp³-hybridized carbons (Fsp3) is 0.462. The molecule has 0 saturated heterocycles. The zero-order chi connectivity index (χ0) is 13.4. The summed E-state index contributed by atoms with van der Waals surface area (Å²) in [5.74, 6) is -2.69. The SMILES string of the molecule is NCCCCCCNC(=O)c1cccc(F)c1F. The molecule has 0 aliphatic carbocycles. The van der Waals surface area contributed by atoms with Crippen LogP contribution in [0.3, 0.4) is 0 Å². The lowest BCUT2D eigenvalue weighted by atomic mass is 10.1. The number of nitrogens with two attached hydrogens (primary N) is 1. The molecule has 0 heterocycles. The molecule has 5 heteroatoms. The number of amides is 1. The van der Waals surface area contributed by atoms with Crippen LogP contribution in [0.1, 0.15) is 36.0 Å². The fourth-order valence-corrected chi connectivity index (χ4v) is 1.60. The number of hydrogen-bond acceptors (Lipinski definition) is 2. The highest BCUT2D eigenvalue weighted by Crippen LogP contribution is 2.11. The first kappa shape index (κ1) is 14.6. The predicted molar refractivity (Wildman–Crippen MR) is 66.2 cm³/mol. The highest BCUT2D eigenvalue weighted by Gasteiger charge is 2.13. The highest BCUT2D eigenvalue weighted by molar-refractivity contribution is 5.94. The summed E-state index contributed by atoms with van der Waals surface area (Å²) in [6.07, 6.45) is 3.75. The second-order valence-electron chi connectivity index (χ2n) is 4.06. The summed E-state index contributed by atoms with van der Waals surface area (Å²) < 4.78 is 26.2. The van der Waals surface area contributed by atoms with Gasteiger partial charge in [-0.2, -0.15) is 0 Å². The Labute approximate surface area is 105 Å². The Morgan fingerprint density at radius 3 is 2.61 bits per heavy atom. The molecule has 0 spiro atoms. The molecule has 0 fully saturated rings. The van der Waals surface area contributed by atoms with Crippen molar-refractivity contribution < 1.29 is 13.6 Å². The number of carbonyl (C=O) groups is 1. The highest BCUT2D eigenvalue weighted by atomic mass is 19.2. The van der Waals surface area contributed by atoms with E-state index < -0.39 is 17.5 Å². The Balaban J connectivity index is 2.35. The molecule has 1 amide bonds. The largest absolute Gasteiger partial charge is 0.352 e. The molecular weight excluding hydrogens is 238 g/mol. The van der Waals surface area contributed by atoms with Crippen molar-refractivity contribution in [2.24, 2.45) is 5.73 Å². The second kappa shape index (κ2) is 7.76. The van der Waals surface area contributed by atoms with E-state index in [0.717, 1.165) is 31.7 Å². The fourth-order valence-electron chi connectivity index (χ4n) is 1.60. The zero-order valence-corrected chi connectivity index (χ0v) is 10.2. The normalized spacial score (nSPS) is 10.4. The van der Waals surface area contributed by atoms with E-state index in [9.17, 15) is 13.6 Å². The Bertz CT molecular complexity index is 397. The first-order chi connectivity index (χ1) is 8.66. The van der Waals surface area contributed by atoms with Crippen molar-refractivity contribution >= 4 is 5.91 Å². The van der Waals surface area contributed by atoms with Gasteiger partial charge in [-0.05, 0) is 31.5 Å². The molecule has 0 aromatic heterocycles. The van der Waals surface area contributed by atoms with Gasteiger partial charge in [-0.3, -0.25) is 4.79 Å². The lowest BCUT2D eigenvalue weighted by Gasteiger charge is -2.06. The van der Waals surface area contributed by atoms with Gasteiger partial charge in [0.05, 0.1) is 5.56 Å². The van der Waals surface area contributed by atoms with Gasteiger partial charge in [-0.15, -0.1) is 0 Å². The summed E-state index contributed by atoms with van der Waals surface area (Å²) in [6, 6.07) is 3.57. The summed E-state index contributed by atoms with van der Waals surface area (Å²) in [4.78, 5) is 11.6. The molecular formula is C13H18F2N2O. The molecule has 3 N–H and O–H groups in total. The van der Waals surface area contributed by atoms with Crippen LogP contribution in [0.5, 0.6) is 0 Å². The van der Waals surface area contributed by atoms with E-state index in [2.05, 4.69) is 5.32 Å². The van der Waals surface area contributed by atoms with Crippen molar-refractivity contribution in [2.45, 2.75) is 25.7 Å². The first-order valence-corrected chi connectivity index (χ1v) is 6.09. The topological polar surface area (TPSA) is 55.1 Å². The Morgan fingerprint density at radius 2 is 1.89 bits per heavy atom. The molecule has 0 unspecified atom stereocenters. The lowest BCUT2D eigenvalue weighted by Crippen LogP contribution is -2.25. The second-order valence-corrected chi connectivity index (χ2v) is 4.06. The standard InChI is InChI=1S/C13H18F2N2O/c14-11-7-5-6-10(12(11)15)13(18)17-9-4-2-1-3-8-16/h5-7H,1-4,8-9,16H2,(H,17,18). The molecule has 0 radical (unpaired) electrons. The van der Waals surface area contributed by atoms with Crippen LogP contribution in [0.15, 0.2) is 18.2 Å². The molecule has 0 atom stereocenters. The van der Waals surface area contributed by atoms with Crippen LogP contribution < -0.4 is 11.1 Å². The molecule has 0 aliphatic heterocycles. The number of halogens is 2. The zero-order valence-electron chi connectivity index (χ0n) is 10.2. The molecule has 1 aromatic carbocycles. The maximum Gasteiger partial charge on any atom is 0.254 e. The molecule has 3 nitrogen and oxygen atoms in total. The average Bonchev–Trinajstić information content (AvgIpc) is 2.36. The van der Waals surface area contributed by atoms with Gasteiger partial charge in [-0.1, -0.05) is 18.9 Å². The van der Waals surface area contributed by atoms with E-state index >= 15 is 0 Å². The summed E-state index contributed by atoms with van der Waals surface area (Å²) in [5, 5.41) is 2.57. The Morgan fingerprint density at radius 1 is 1.17 bits per heavy atom. The smallest absolute Gasteiger partial charge is 0.254 e. The number of carbonyl (C=O) groups excluding carboxylic acids is 1. The van der Waals surface area contributed by atoms with Crippen molar-refractivity contribution in [1.82, 2.24) is 5.32 Å². The van der Waals surface area contributed by atoms with Gasteiger partial charge in [0.2, 0.25) is 0 Å². The first-order valence-electron chi connectivity index (χ1n) is 6.09. The lowest BCUT2D eigenvalue weighted by molar-refractivity contribution is 0.0948. The van der Waals surface area contributed by atoms with E-state index in [0.29, 0.717) is 13.1 Å².